The average molecular weight is 400 g/mol. The number of nitrogens with two attached hydrogens (primary N) is 1. The van der Waals surface area contributed by atoms with E-state index in [4.69, 9.17) is 14.9 Å². The number of nitrogen functional groups attached to an aromatic ring is 1. The fraction of sp³-hybridized carbons (Fsp3) is 0.0435. The summed E-state index contributed by atoms with van der Waals surface area (Å²) in [7, 11) is 1.55. The summed E-state index contributed by atoms with van der Waals surface area (Å²) in [4.78, 5) is 16.8. The number of rotatable bonds is 6. The lowest BCUT2D eigenvalue weighted by Gasteiger charge is -2.13. The molecule has 7 heteroatoms. The lowest BCUT2D eigenvalue weighted by molar-refractivity contribution is 0.0996. The van der Waals surface area contributed by atoms with Crippen LogP contribution in [-0.2, 0) is 0 Å². The predicted octanol–water partition coefficient (Wildman–Crippen LogP) is 4.93. The van der Waals surface area contributed by atoms with E-state index in [0.29, 0.717) is 22.9 Å². The van der Waals surface area contributed by atoms with Crippen molar-refractivity contribution in [3.8, 4) is 16.9 Å². The number of carbonyl (C=O) groups is 1. The van der Waals surface area contributed by atoms with Gasteiger partial charge in [-0.15, -0.1) is 0 Å². The van der Waals surface area contributed by atoms with Gasteiger partial charge < -0.3 is 25.5 Å². The van der Waals surface area contributed by atoms with Crippen LogP contribution in [0.15, 0.2) is 83.6 Å². The summed E-state index contributed by atoms with van der Waals surface area (Å²) in [6.07, 6.45) is 3.17. The second-order valence-electron chi connectivity index (χ2n) is 6.53. The molecule has 0 atom stereocenters. The van der Waals surface area contributed by atoms with E-state index in [-0.39, 0.29) is 11.7 Å². The predicted molar refractivity (Wildman–Crippen MR) is 117 cm³/mol. The van der Waals surface area contributed by atoms with E-state index in [1.807, 2.05) is 48.5 Å². The number of anilines is 4. The number of hydrogen-bond acceptors (Lipinski definition) is 6. The molecule has 2 aromatic carbocycles. The SMILES string of the molecule is COc1ccc(-c2ccnc(Nc3cccc(N)c3)c2)cc1NC(=O)c1ccco1. The van der Waals surface area contributed by atoms with Gasteiger partial charge in [0.25, 0.3) is 5.91 Å². The van der Waals surface area contributed by atoms with Gasteiger partial charge in [0.2, 0.25) is 0 Å². The van der Waals surface area contributed by atoms with Crippen LogP contribution in [0.25, 0.3) is 11.1 Å². The van der Waals surface area contributed by atoms with E-state index < -0.39 is 0 Å². The Kier molecular flexibility index (Phi) is 5.34. The quantitative estimate of drug-likeness (QED) is 0.397. The molecule has 0 aliphatic heterocycles. The van der Waals surface area contributed by atoms with Gasteiger partial charge in [-0.05, 0) is 65.7 Å². The third-order valence-corrected chi connectivity index (χ3v) is 4.44. The largest absolute Gasteiger partial charge is 0.495 e. The van der Waals surface area contributed by atoms with Crippen molar-refractivity contribution >= 4 is 28.8 Å². The molecule has 0 spiro atoms. The first-order valence-electron chi connectivity index (χ1n) is 9.24. The lowest BCUT2D eigenvalue weighted by Crippen LogP contribution is -2.11. The molecule has 4 aromatic rings. The Morgan fingerprint density at radius 2 is 1.90 bits per heavy atom. The zero-order valence-electron chi connectivity index (χ0n) is 16.3. The second kappa shape index (κ2) is 8.40. The Hall–Kier alpha value is -4.26. The number of hydrogen-bond donors (Lipinski definition) is 3. The first-order chi connectivity index (χ1) is 14.6. The van der Waals surface area contributed by atoms with Crippen LogP contribution >= 0.6 is 0 Å². The molecule has 7 nitrogen and oxygen atoms in total. The molecule has 0 aliphatic rings. The van der Waals surface area contributed by atoms with Crippen molar-refractivity contribution in [1.82, 2.24) is 4.98 Å². The van der Waals surface area contributed by atoms with Gasteiger partial charge in [-0.2, -0.15) is 0 Å². The molecule has 0 radical (unpaired) electrons. The maximum absolute atomic E-state index is 12.4. The standard InChI is InChI=1S/C23H20N4O3/c1-29-20-8-7-15(12-19(20)27-23(28)21-6-3-11-30-21)16-9-10-25-22(13-16)26-18-5-2-4-17(24)14-18/h2-14H,24H2,1H3,(H,25,26)(H,27,28). The maximum Gasteiger partial charge on any atom is 0.291 e. The fourth-order valence-electron chi connectivity index (χ4n) is 3.02. The van der Waals surface area contributed by atoms with Gasteiger partial charge in [0.05, 0.1) is 19.1 Å². The molecule has 0 unspecified atom stereocenters. The second-order valence-corrected chi connectivity index (χ2v) is 6.53. The summed E-state index contributed by atoms with van der Waals surface area (Å²) in [5.74, 6) is 1.09. The number of ether oxygens (including phenoxy) is 1. The third kappa shape index (κ3) is 4.25. The van der Waals surface area contributed by atoms with Crippen LogP contribution in [0.1, 0.15) is 10.6 Å². The molecule has 150 valence electrons. The summed E-state index contributed by atoms with van der Waals surface area (Å²) in [5.41, 5.74) is 9.71. The summed E-state index contributed by atoms with van der Waals surface area (Å²) < 4.78 is 10.5. The van der Waals surface area contributed by atoms with E-state index in [2.05, 4.69) is 15.6 Å². The average Bonchev–Trinajstić information content (AvgIpc) is 3.29. The molecular formula is C23H20N4O3. The topological polar surface area (TPSA) is 102 Å². The minimum absolute atomic E-state index is 0.222. The minimum Gasteiger partial charge on any atom is -0.495 e. The van der Waals surface area contributed by atoms with Gasteiger partial charge in [-0.1, -0.05) is 12.1 Å². The van der Waals surface area contributed by atoms with E-state index in [1.54, 1.807) is 31.5 Å². The number of amides is 1. The number of nitrogens with one attached hydrogen (secondary N) is 2. The summed E-state index contributed by atoms with van der Waals surface area (Å²) in [6, 6.07) is 20.1. The van der Waals surface area contributed by atoms with Crippen LogP contribution < -0.4 is 21.1 Å². The van der Waals surface area contributed by atoms with Crippen LogP contribution in [0.2, 0.25) is 0 Å². The normalized spacial score (nSPS) is 10.4. The highest BCUT2D eigenvalue weighted by Crippen LogP contribution is 2.32. The smallest absolute Gasteiger partial charge is 0.291 e. The van der Waals surface area contributed by atoms with Crippen molar-refractivity contribution in [2.45, 2.75) is 0 Å². The molecule has 2 heterocycles. The van der Waals surface area contributed by atoms with E-state index in [9.17, 15) is 4.79 Å². The van der Waals surface area contributed by atoms with Gasteiger partial charge in [0.15, 0.2) is 5.76 Å². The van der Waals surface area contributed by atoms with Gasteiger partial charge >= 0.3 is 0 Å². The first kappa shape index (κ1) is 19.1. The van der Waals surface area contributed by atoms with Crippen molar-refractivity contribution in [3.63, 3.8) is 0 Å². The molecule has 2 aromatic heterocycles. The summed E-state index contributed by atoms with van der Waals surface area (Å²) in [5, 5.41) is 6.08. The number of aromatic nitrogens is 1. The molecule has 30 heavy (non-hydrogen) atoms. The molecule has 0 bridgehead atoms. The Labute approximate surface area is 173 Å². The van der Waals surface area contributed by atoms with Crippen molar-refractivity contribution < 1.29 is 13.9 Å². The Balaban J connectivity index is 1.61. The summed E-state index contributed by atoms with van der Waals surface area (Å²) >= 11 is 0. The molecule has 0 fully saturated rings. The fourth-order valence-corrected chi connectivity index (χ4v) is 3.02. The van der Waals surface area contributed by atoms with Crippen LogP contribution in [0.5, 0.6) is 5.75 Å². The molecular weight excluding hydrogens is 380 g/mol. The number of carbonyl (C=O) groups excluding carboxylic acids is 1. The van der Waals surface area contributed by atoms with Crippen molar-refractivity contribution in [3.05, 3.63) is 85.0 Å². The zero-order chi connectivity index (χ0) is 20.9. The Morgan fingerprint density at radius 1 is 1.03 bits per heavy atom. The highest BCUT2D eigenvalue weighted by atomic mass is 16.5. The van der Waals surface area contributed by atoms with Crippen LogP contribution in [-0.4, -0.2) is 18.0 Å². The number of nitrogens with zero attached hydrogens (tertiary/aromatic N) is 1. The van der Waals surface area contributed by atoms with Gasteiger partial charge in [0.1, 0.15) is 11.6 Å². The zero-order valence-corrected chi connectivity index (χ0v) is 16.3. The van der Waals surface area contributed by atoms with E-state index >= 15 is 0 Å². The molecule has 1 amide bonds. The number of methoxy groups -OCH3 is 1. The molecule has 0 saturated carbocycles. The number of furan rings is 1. The number of benzene rings is 2. The highest BCUT2D eigenvalue weighted by Gasteiger charge is 2.13. The monoisotopic (exact) mass is 400 g/mol. The van der Waals surface area contributed by atoms with Gasteiger partial charge in [-0.3, -0.25) is 4.79 Å². The van der Waals surface area contributed by atoms with E-state index in [1.165, 1.54) is 6.26 Å². The Morgan fingerprint density at radius 3 is 2.67 bits per heavy atom. The maximum atomic E-state index is 12.4. The molecule has 4 N–H and O–H groups in total. The Bertz CT molecular complexity index is 1170. The van der Waals surface area contributed by atoms with Crippen LogP contribution in [0.3, 0.4) is 0 Å². The highest BCUT2D eigenvalue weighted by molar-refractivity contribution is 6.03. The van der Waals surface area contributed by atoms with Crippen molar-refractivity contribution in [2.75, 3.05) is 23.5 Å². The summed E-state index contributed by atoms with van der Waals surface area (Å²) in [6.45, 7) is 0. The van der Waals surface area contributed by atoms with Gasteiger partial charge in [-0.25, -0.2) is 4.98 Å². The van der Waals surface area contributed by atoms with E-state index in [0.717, 1.165) is 16.8 Å². The number of pyridine rings is 1. The minimum atomic E-state index is -0.353. The molecule has 0 aliphatic carbocycles. The molecule has 4 rings (SSSR count). The lowest BCUT2D eigenvalue weighted by atomic mass is 10.1. The van der Waals surface area contributed by atoms with Crippen LogP contribution in [0.4, 0.5) is 22.9 Å². The van der Waals surface area contributed by atoms with Crippen molar-refractivity contribution in [2.24, 2.45) is 0 Å². The first-order valence-corrected chi connectivity index (χ1v) is 9.24. The third-order valence-electron chi connectivity index (χ3n) is 4.44. The molecule has 0 saturated heterocycles. The van der Waals surface area contributed by atoms with Crippen molar-refractivity contribution in [1.29, 1.82) is 0 Å². The van der Waals surface area contributed by atoms with Gasteiger partial charge in [0, 0.05) is 17.6 Å². The van der Waals surface area contributed by atoms with Crippen LogP contribution in [0, 0.1) is 0 Å².